The van der Waals surface area contributed by atoms with E-state index < -0.39 is 0 Å². The molecule has 0 saturated heterocycles. The van der Waals surface area contributed by atoms with E-state index in [0.29, 0.717) is 18.7 Å². The Morgan fingerprint density at radius 2 is 2.24 bits per heavy atom. The molecule has 6 heteroatoms. The third-order valence-electron chi connectivity index (χ3n) is 3.12. The Balaban J connectivity index is 2.30. The third kappa shape index (κ3) is 3.66. The van der Waals surface area contributed by atoms with Gasteiger partial charge in [0, 0.05) is 17.2 Å². The summed E-state index contributed by atoms with van der Waals surface area (Å²) in [7, 11) is 0. The van der Waals surface area contributed by atoms with Crippen molar-refractivity contribution in [1.29, 1.82) is 0 Å². The van der Waals surface area contributed by atoms with Crippen molar-refractivity contribution in [2.24, 2.45) is 5.73 Å². The fourth-order valence-electron chi connectivity index (χ4n) is 1.99. The van der Waals surface area contributed by atoms with Crippen LogP contribution in [0.15, 0.2) is 24.4 Å². The quantitative estimate of drug-likeness (QED) is 0.821. The number of aromatic nitrogens is 3. The van der Waals surface area contributed by atoms with Crippen LogP contribution in [0.1, 0.15) is 48.4 Å². The van der Waals surface area contributed by atoms with Gasteiger partial charge >= 0.3 is 0 Å². The molecule has 2 aromatic rings. The maximum atomic E-state index is 11.5. The van der Waals surface area contributed by atoms with Crippen LogP contribution in [0.4, 0.5) is 0 Å². The second-order valence-corrected chi connectivity index (χ2v) is 4.94. The molecule has 1 heterocycles. The summed E-state index contributed by atoms with van der Waals surface area (Å²) in [5.74, 6) is 0.773. The summed E-state index contributed by atoms with van der Waals surface area (Å²) in [6.45, 7) is 6.37. The number of nitrogens with two attached hydrogens (primary N) is 1. The normalized spacial score (nSPS) is 12.2. The lowest BCUT2D eigenvalue weighted by Crippen LogP contribution is -2.06. The van der Waals surface area contributed by atoms with Crippen LogP contribution in [0.2, 0.25) is 0 Å². The van der Waals surface area contributed by atoms with Crippen molar-refractivity contribution in [2.45, 2.75) is 33.4 Å². The molecule has 112 valence electrons. The van der Waals surface area contributed by atoms with Gasteiger partial charge in [-0.2, -0.15) is 0 Å². The van der Waals surface area contributed by atoms with E-state index in [9.17, 15) is 4.79 Å². The Morgan fingerprint density at radius 1 is 1.48 bits per heavy atom. The molecule has 1 atom stereocenters. The van der Waals surface area contributed by atoms with E-state index in [1.54, 1.807) is 23.9 Å². The number of carbonyl (C=O) groups is 1. The van der Waals surface area contributed by atoms with E-state index >= 15 is 0 Å². The second-order valence-electron chi connectivity index (χ2n) is 4.94. The van der Waals surface area contributed by atoms with Crippen LogP contribution in [0.5, 0.6) is 5.75 Å². The first-order valence-corrected chi connectivity index (χ1v) is 6.93. The Kier molecular flexibility index (Phi) is 4.70. The number of carbonyl (C=O) groups excluding carboxylic acids is 1. The van der Waals surface area contributed by atoms with Gasteiger partial charge in [0.15, 0.2) is 5.78 Å². The van der Waals surface area contributed by atoms with Gasteiger partial charge in [-0.1, -0.05) is 5.21 Å². The summed E-state index contributed by atoms with van der Waals surface area (Å²) in [5.41, 5.74) is 8.06. The SMILES string of the molecule is CCOc1ccc(C(C)=O)cc1Cn1cc(C(C)N)nn1. The molecule has 0 bridgehead atoms. The van der Waals surface area contributed by atoms with Gasteiger partial charge in [-0.3, -0.25) is 4.79 Å². The number of ketones is 1. The minimum absolute atomic E-state index is 0.0224. The number of nitrogens with zero attached hydrogens (tertiary/aromatic N) is 3. The molecule has 2 N–H and O–H groups in total. The van der Waals surface area contributed by atoms with E-state index in [2.05, 4.69) is 10.3 Å². The molecule has 0 saturated carbocycles. The molecule has 6 nitrogen and oxygen atoms in total. The Bertz CT molecular complexity index is 634. The first-order chi connectivity index (χ1) is 10.0. The summed E-state index contributed by atoms with van der Waals surface area (Å²) in [6, 6.07) is 5.26. The topological polar surface area (TPSA) is 83.0 Å². The van der Waals surface area contributed by atoms with Crippen molar-refractivity contribution in [3.8, 4) is 5.75 Å². The Morgan fingerprint density at radius 3 is 2.81 bits per heavy atom. The summed E-state index contributed by atoms with van der Waals surface area (Å²) in [6.07, 6.45) is 1.81. The minimum atomic E-state index is -0.159. The molecule has 0 aliphatic rings. The van der Waals surface area contributed by atoms with Crippen LogP contribution < -0.4 is 10.5 Å². The molecule has 0 spiro atoms. The first-order valence-electron chi connectivity index (χ1n) is 6.93. The smallest absolute Gasteiger partial charge is 0.159 e. The molecule has 0 radical (unpaired) electrons. The van der Waals surface area contributed by atoms with Crippen LogP contribution in [0.3, 0.4) is 0 Å². The molecule has 1 aromatic carbocycles. The average Bonchev–Trinajstić information content (AvgIpc) is 2.89. The lowest BCUT2D eigenvalue weighted by molar-refractivity contribution is 0.101. The highest BCUT2D eigenvalue weighted by molar-refractivity contribution is 5.94. The molecule has 2 rings (SSSR count). The molecule has 0 aliphatic carbocycles. The van der Waals surface area contributed by atoms with Crippen molar-refractivity contribution in [3.05, 3.63) is 41.2 Å². The summed E-state index contributed by atoms with van der Waals surface area (Å²) in [4.78, 5) is 11.5. The Labute approximate surface area is 123 Å². The number of Topliss-reactive ketones (excluding diaryl/α,β-unsaturated/α-hetero) is 1. The van der Waals surface area contributed by atoms with E-state index in [-0.39, 0.29) is 11.8 Å². The molecule has 0 fully saturated rings. The van der Waals surface area contributed by atoms with Gasteiger partial charge in [-0.25, -0.2) is 4.68 Å². The summed E-state index contributed by atoms with van der Waals surface area (Å²) in [5, 5.41) is 8.08. The van der Waals surface area contributed by atoms with E-state index in [0.717, 1.165) is 17.0 Å². The number of benzene rings is 1. The highest BCUT2D eigenvalue weighted by Crippen LogP contribution is 2.22. The largest absolute Gasteiger partial charge is 0.494 e. The number of rotatable bonds is 6. The monoisotopic (exact) mass is 288 g/mol. The highest BCUT2D eigenvalue weighted by Gasteiger charge is 2.11. The molecule has 21 heavy (non-hydrogen) atoms. The fraction of sp³-hybridized carbons (Fsp3) is 0.400. The lowest BCUT2D eigenvalue weighted by Gasteiger charge is -2.11. The fourth-order valence-corrected chi connectivity index (χ4v) is 1.99. The molecule has 0 aliphatic heterocycles. The van der Waals surface area contributed by atoms with Crippen molar-refractivity contribution >= 4 is 5.78 Å². The van der Waals surface area contributed by atoms with Crippen LogP contribution in [0.25, 0.3) is 0 Å². The van der Waals surface area contributed by atoms with E-state index in [1.165, 1.54) is 0 Å². The Hall–Kier alpha value is -2.21. The van der Waals surface area contributed by atoms with Gasteiger partial charge < -0.3 is 10.5 Å². The second kappa shape index (κ2) is 6.49. The maximum Gasteiger partial charge on any atom is 0.159 e. The number of hydrogen-bond donors (Lipinski definition) is 1. The van der Waals surface area contributed by atoms with Crippen molar-refractivity contribution in [1.82, 2.24) is 15.0 Å². The van der Waals surface area contributed by atoms with Crippen LogP contribution in [0, 0.1) is 0 Å². The van der Waals surface area contributed by atoms with Gasteiger partial charge in [-0.05, 0) is 39.0 Å². The van der Waals surface area contributed by atoms with Gasteiger partial charge in [-0.15, -0.1) is 5.10 Å². The molecule has 1 unspecified atom stereocenters. The predicted molar refractivity (Wildman–Crippen MR) is 79.3 cm³/mol. The molecular formula is C15H20N4O2. The van der Waals surface area contributed by atoms with Crippen molar-refractivity contribution in [3.63, 3.8) is 0 Å². The van der Waals surface area contributed by atoms with Crippen molar-refractivity contribution in [2.75, 3.05) is 6.61 Å². The maximum absolute atomic E-state index is 11.5. The molecular weight excluding hydrogens is 268 g/mol. The van der Waals surface area contributed by atoms with Crippen LogP contribution >= 0.6 is 0 Å². The summed E-state index contributed by atoms with van der Waals surface area (Å²) >= 11 is 0. The van der Waals surface area contributed by atoms with E-state index in [4.69, 9.17) is 10.5 Å². The van der Waals surface area contributed by atoms with Gasteiger partial charge in [0.1, 0.15) is 5.75 Å². The van der Waals surface area contributed by atoms with Crippen LogP contribution in [-0.2, 0) is 6.54 Å². The zero-order chi connectivity index (χ0) is 15.4. The van der Waals surface area contributed by atoms with Gasteiger partial charge in [0.05, 0.1) is 25.0 Å². The first kappa shape index (κ1) is 15.2. The lowest BCUT2D eigenvalue weighted by atomic mass is 10.1. The van der Waals surface area contributed by atoms with Crippen molar-refractivity contribution < 1.29 is 9.53 Å². The van der Waals surface area contributed by atoms with Gasteiger partial charge in [0.2, 0.25) is 0 Å². The van der Waals surface area contributed by atoms with Crippen LogP contribution in [-0.4, -0.2) is 27.4 Å². The zero-order valence-corrected chi connectivity index (χ0v) is 12.5. The van der Waals surface area contributed by atoms with Gasteiger partial charge in [0.25, 0.3) is 0 Å². The number of hydrogen-bond acceptors (Lipinski definition) is 5. The predicted octanol–water partition coefficient (Wildman–Crippen LogP) is 1.95. The van der Waals surface area contributed by atoms with E-state index in [1.807, 2.05) is 26.0 Å². The molecule has 1 aromatic heterocycles. The minimum Gasteiger partial charge on any atom is -0.494 e. The standard InChI is InChI=1S/C15H20N4O2/c1-4-21-15-6-5-12(11(3)20)7-13(15)8-19-9-14(10(2)16)17-18-19/h5-7,9-10H,4,8,16H2,1-3H3. The average molecular weight is 288 g/mol. The number of ether oxygens (including phenoxy) is 1. The third-order valence-corrected chi connectivity index (χ3v) is 3.12. The zero-order valence-electron chi connectivity index (χ0n) is 12.5. The summed E-state index contributed by atoms with van der Waals surface area (Å²) < 4.78 is 7.30. The molecule has 0 amide bonds. The highest BCUT2D eigenvalue weighted by atomic mass is 16.5.